The molecule has 0 aliphatic heterocycles. The van der Waals surface area contributed by atoms with E-state index < -0.39 is 10.1 Å². The van der Waals surface area contributed by atoms with E-state index in [0.29, 0.717) is 5.75 Å². The van der Waals surface area contributed by atoms with Gasteiger partial charge in [0.25, 0.3) is 10.1 Å². The van der Waals surface area contributed by atoms with E-state index in [4.69, 9.17) is 9.29 Å². The Hall–Kier alpha value is -1.07. The molecule has 1 N–H and O–H groups in total. The maximum absolute atomic E-state index is 10.3. The van der Waals surface area contributed by atoms with Crippen molar-refractivity contribution in [2.24, 2.45) is 0 Å². The lowest BCUT2D eigenvalue weighted by Crippen LogP contribution is -2.08. The molecule has 1 aromatic rings. The van der Waals surface area contributed by atoms with Crippen LogP contribution in [-0.2, 0) is 10.1 Å². The predicted molar refractivity (Wildman–Crippen MR) is 51.8 cm³/mol. The zero-order valence-corrected chi connectivity index (χ0v) is 8.33. The SMILES string of the molecule is O=S(=O)(O)CCCOc1cc[c]cc1. The second kappa shape index (κ2) is 4.97. The molecule has 1 aromatic carbocycles. The van der Waals surface area contributed by atoms with Gasteiger partial charge in [-0.05, 0) is 24.6 Å². The molecule has 0 amide bonds. The smallest absolute Gasteiger partial charge is 0.264 e. The topological polar surface area (TPSA) is 63.6 Å². The highest BCUT2D eigenvalue weighted by Gasteiger charge is 2.03. The van der Waals surface area contributed by atoms with E-state index in [0.717, 1.165) is 0 Å². The quantitative estimate of drug-likeness (QED) is 0.591. The number of hydrogen-bond acceptors (Lipinski definition) is 3. The van der Waals surface area contributed by atoms with Crippen LogP contribution in [0.25, 0.3) is 0 Å². The molecular weight excluding hydrogens is 204 g/mol. The third kappa shape index (κ3) is 4.84. The van der Waals surface area contributed by atoms with Gasteiger partial charge in [0.05, 0.1) is 12.4 Å². The van der Waals surface area contributed by atoms with Crippen LogP contribution < -0.4 is 4.74 Å². The Morgan fingerprint density at radius 3 is 2.57 bits per heavy atom. The van der Waals surface area contributed by atoms with Crippen molar-refractivity contribution < 1.29 is 17.7 Å². The Morgan fingerprint density at radius 2 is 2.00 bits per heavy atom. The number of benzene rings is 1. The van der Waals surface area contributed by atoms with Crippen molar-refractivity contribution in [3.63, 3.8) is 0 Å². The summed E-state index contributed by atoms with van der Waals surface area (Å²) in [7, 11) is -3.86. The molecule has 0 atom stereocenters. The fourth-order valence-corrected chi connectivity index (χ4v) is 1.38. The summed E-state index contributed by atoms with van der Waals surface area (Å²) in [5.41, 5.74) is 0. The molecule has 0 aromatic heterocycles. The van der Waals surface area contributed by atoms with Crippen molar-refractivity contribution in [1.29, 1.82) is 0 Å². The van der Waals surface area contributed by atoms with Crippen LogP contribution in [0.15, 0.2) is 24.3 Å². The summed E-state index contributed by atoms with van der Waals surface area (Å²) in [6.45, 7) is 0.268. The lowest BCUT2D eigenvalue weighted by Gasteiger charge is -2.03. The first-order chi connectivity index (χ1) is 6.58. The first-order valence-electron chi connectivity index (χ1n) is 4.12. The molecule has 0 saturated heterocycles. The summed E-state index contributed by atoms with van der Waals surface area (Å²) in [6.07, 6.45) is 0.275. The molecule has 14 heavy (non-hydrogen) atoms. The average Bonchev–Trinajstić information content (AvgIpc) is 2.13. The van der Waals surface area contributed by atoms with Gasteiger partial charge in [-0.1, -0.05) is 12.1 Å². The molecule has 5 heteroatoms. The summed E-state index contributed by atoms with van der Waals surface area (Å²) in [6, 6.07) is 9.70. The number of hydrogen-bond donors (Lipinski definition) is 1. The van der Waals surface area contributed by atoms with Crippen molar-refractivity contribution in [2.75, 3.05) is 12.4 Å². The van der Waals surface area contributed by atoms with Crippen LogP contribution in [0.5, 0.6) is 5.75 Å². The molecule has 0 heterocycles. The second-order valence-corrected chi connectivity index (χ2v) is 4.30. The summed E-state index contributed by atoms with van der Waals surface area (Å²) in [5, 5.41) is 0. The monoisotopic (exact) mass is 215 g/mol. The standard InChI is InChI=1S/C9H11O4S/c10-14(11,12)8-4-7-13-9-5-2-1-3-6-9/h2-3,5-6H,4,7-8H2,(H,10,11,12). The zero-order valence-electron chi connectivity index (χ0n) is 7.51. The fourth-order valence-electron chi connectivity index (χ4n) is 0.899. The highest BCUT2D eigenvalue weighted by Crippen LogP contribution is 2.08. The van der Waals surface area contributed by atoms with E-state index in [9.17, 15) is 8.42 Å². The summed E-state index contributed by atoms with van der Waals surface area (Å²) in [5.74, 6) is 0.394. The average molecular weight is 215 g/mol. The van der Waals surface area contributed by atoms with Crippen LogP contribution in [0.2, 0.25) is 0 Å². The van der Waals surface area contributed by atoms with E-state index >= 15 is 0 Å². The Morgan fingerprint density at radius 1 is 1.36 bits per heavy atom. The van der Waals surface area contributed by atoms with Crippen molar-refractivity contribution in [3.8, 4) is 5.75 Å². The van der Waals surface area contributed by atoms with Crippen molar-refractivity contribution in [3.05, 3.63) is 30.3 Å². The molecular formula is C9H11O4S. The van der Waals surface area contributed by atoms with Gasteiger partial charge >= 0.3 is 0 Å². The molecule has 0 unspecified atom stereocenters. The van der Waals surface area contributed by atoms with Gasteiger partial charge in [0.1, 0.15) is 5.75 Å². The maximum Gasteiger partial charge on any atom is 0.264 e. The largest absolute Gasteiger partial charge is 0.494 e. The van der Waals surface area contributed by atoms with Crippen LogP contribution >= 0.6 is 0 Å². The molecule has 0 saturated carbocycles. The minimum Gasteiger partial charge on any atom is -0.494 e. The lowest BCUT2D eigenvalue weighted by molar-refractivity contribution is 0.316. The van der Waals surface area contributed by atoms with E-state index in [1.807, 2.05) is 0 Å². The van der Waals surface area contributed by atoms with E-state index in [2.05, 4.69) is 6.07 Å². The Balaban J connectivity index is 2.23. The molecule has 0 aliphatic carbocycles. The fraction of sp³-hybridized carbons (Fsp3) is 0.333. The Labute approximate surface area is 83.3 Å². The van der Waals surface area contributed by atoms with Gasteiger partial charge in [-0.15, -0.1) is 0 Å². The van der Waals surface area contributed by atoms with Gasteiger partial charge < -0.3 is 4.74 Å². The minimum atomic E-state index is -3.86. The van der Waals surface area contributed by atoms with Crippen LogP contribution in [0, 0.1) is 6.07 Å². The molecule has 0 spiro atoms. The Kier molecular flexibility index (Phi) is 3.91. The first-order valence-corrected chi connectivity index (χ1v) is 5.73. The molecule has 0 bridgehead atoms. The van der Waals surface area contributed by atoms with Gasteiger partial charge in [-0.2, -0.15) is 8.42 Å². The highest BCUT2D eigenvalue weighted by molar-refractivity contribution is 7.85. The molecule has 0 fully saturated rings. The number of rotatable bonds is 5. The van der Waals surface area contributed by atoms with Crippen LogP contribution in [-0.4, -0.2) is 25.3 Å². The molecule has 4 nitrogen and oxygen atoms in total. The van der Waals surface area contributed by atoms with Crippen molar-refractivity contribution in [1.82, 2.24) is 0 Å². The summed E-state index contributed by atoms with van der Waals surface area (Å²) in [4.78, 5) is 0. The second-order valence-electron chi connectivity index (χ2n) is 2.72. The Bertz CT molecular complexity index is 358. The maximum atomic E-state index is 10.3. The molecule has 1 radical (unpaired) electrons. The van der Waals surface area contributed by atoms with Gasteiger partial charge in [0.15, 0.2) is 0 Å². The third-order valence-corrected chi connectivity index (χ3v) is 2.31. The lowest BCUT2D eigenvalue weighted by atomic mass is 10.3. The normalized spacial score (nSPS) is 11.2. The highest BCUT2D eigenvalue weighted by atomic mass is 32.2. The van der Waals surface area contributed by atoms with Gasteiger partial charge in [0, 0.05) is 0 Å². The van der Waals surface area contributed by atoms with E-state index in [1.54, 1.807) is 24.3 Å². The van der Waals surface area contributed by atoms with E-state index in [1.165, 1.54) is 0 Å². The molecule has 1 rings (SSSR count). The molecule has 0 aliphatic rings. The zero-order chi connectivity index (χ0) is 10.4. The number of ether oxygens (including phenoxy) is 1. The minimum absolute atomic E-state index is 0.268. The molecule has 77 valence electrons. The van der Waals surface area contributed by atoms with Gasteiger partial charge in [-0.25, -0.2) is 0 Å². The van der Waals surface area contributed by atoms with Crippen molar-refractivity contribution >= 4 is 10.1 Å². The van der Waals surface area contributed by atoms with Crippen molar-refractivity contribution in [2.45, 2.75) is 6.42 Å². The van der Waals surface area contributed by atoms with Gasteiger partial charge in [-0.3, -0.25) is 4.55 Å². The first kappa shape index (κ1) is 11.0. The van der Waals surface area contributed by atoms with E-state index in [-0.39, 0.29) is 18.8 Å². The summed E-state index contributed by atoms with van der Waals surface area (Å²) < 4.78 is 34.3. The van der Waals surface area contributed by atoms with Crippen LogP contribution in [0.3, 0.4) is 0 Å². The van der Waals surface area contributed by atoms with Crippen LogP contribution in [0.4, 0.5) is 0 Å². The predicted octanol–water partition coefficient (Wildman–Crippen LogP) is 1.14. The third-order valence-electron chi connectivity index (χ3n) is 1.50. The van der Waals surface area contributed by atoms with Gasteiger partial charge in [0.2, 0.25) is 0 Å². The van der Waals surface area contributed by atoms with Crippen LogP contribution in [0.1, 0.15) is 6.42 Å². The summed E-state index contributed by atoms with van der Waals surface area (Å²) >= 11 is 0.